The maximum atomic E-state index is 12.3. The van der Waals surface area contributed by atoms with Gasteiger partial charge in [-0.1, -0.05) is 26.2 Å². The fourth-order valence-electron chi connectivity index (χ4n) is 3.09. The number of aliphatic hydroxyl groups is 2. The predicted octanol–water partition coefficient (Wildman–Crippen LogP) is -0.784. The van der Waals surface area contributed by atoms with Crippen LogP contribution in [0.2, 0.25) is 0 Å². The Morgan fingerprint density at radius 3 is 2.16 bits per heavy atom. The molecule has 25 heavy (non-hydrogen) atoms. The van der Waals surface area contributed by atoms with Gasteiger partial charge in [0.25, 0.3) is 0 Å². The third kappa shape index (κ3) is 6.37. The van der Waals surface area contributed by atoms with E-state index in [0.717, 1.165) is 32.1 Å². The quantitative estimate of drug-likeness (QED) is 0.366. The maximum absolute atomic E-state index is 12.3. The molecule has 2 unspecified atom stereocenters. The van der Waals surface area contributed by atoms with Crippen LogP contribution < -0.4 is 16.4 Å². The standard InChI is InChI=1S/C17H31N3O5/c1-3-13(22)12(9-18)19-16(24)14(10(2)21)20-17(25)15(23)11-7-5-4-6-8-11/h10-12,14-15,21,23H,3-9,18H2,1-2H3,(H,19,24)(H,20,25)/t10?,12-,14-,15?/m0/s1. The minimum atomic E-state index is -1.26. The summed E-state index contributed by atoms with van der Waals surface area (Å²) in [5, 5.41) is 24.9. The molecule has 0 aliphatic heterocycles. The predicted molar refractivity (Wildman–Crippen MR) is 92.5 cm³/mol. The summed E-state index contributed by atoms with van der Waals surface area (Å²) in [4.78, 5) is 36.3. The summed E-state index contributed by atoms with van der Waals surface area (Å²) in [7, 11) is 0. The summed E-state index contributed by atoms with van der Waals surface area (Å²) >= 11 is 0. The number of ketones is 1. The van der Waals surface area contributed by atoms with Crippen LogP contribution in [0.15, 0.2) is 0 Å². The summed E-state index contributed by atoms with van der Waals surface area (Å²) < 4.78 is 0. The number of nitrogens with two attached hydrogens (primary N) is 1. The SMILES string of the molecule is CCC(=O)[C@H](CN)NC(=O)[C@@H](NC(=O)C(O)C1CCCCC1)C(C)O. The lowest BCUT2D eigenvalue weighted by atomic mass is 9.85. The van der Waals surface area contributed by atoms with E-state index in [4.69, 9.17) is 5.73 Å². The van der Waals surface area contributed by atoms with E-state index in [2.05, 4.69) is 10.6 Å². The molecule has 0 radical (unpaired) electrons. The normalized spacial score (nSPS) is 20.2. The molecule has 1 saturated carbocycles. The summed E-state index contributed by atoms with van der Waals surface area (Å²) in [6.07, 6.45) is 2.37. The van der Waals surface area contributed by atoms with Crippen LogP contribution in [0.5, 0.6) is 0 Å². The van der Waals surface area contributed by atoms with Crippen LogP contribution in [0, 0.1) is 5.92 Å². The van der Waals surface area contributed by atoms with Crippen molar-refractivity contribution in [3.05, 3.63) is 0 Å². The minimum Gasteiger partial charge on any atom is -0.391 e. The molecule has 0 aromatic heterocycles. The van der Waals surface area contributed by atoms with E-state index in [1.54, 1.807) is 6.92 Å². The van der Waals surface area contributed by atoms with E-state index in [0.29, 0.717) is 0 Å². The largest absolute Gasteiger partial charge is 0.391 e. The smallest absolute Gasteiger partial charge is 0.249 e. The van der Waals surface area contributed by atoms with Crippen molar-refractivity contribution in [1.82, 2.24) is 10.6 Å². The zero-order valence-corrected chi connectivity index (χ0v) is 15.0. The number of Topliss-reactive ketones (excluding diaryl/α,β-unsaturated/α-hetero) is 1. The van der Waals surface area contributed by atoms with E-state index < -0.39 is 36.1 Å². The molecule has 0 aromatic rings. The molecule has 0 spiro atoms. The Hall–Kier alpha value is -1.51. The summed E-state index contributed by atoms with van der Waals surface area (Å²) in [5.41, 5.74) is 5.50. The molecule has 1 rings (SSSR count). The van der Waals surface area contributed by atoms with E-state index in [1.807, 2.05) is 0 Å². The fraction of sp³-hybridized carbons (Fsp3) is 0.824. The Morgan fingerprint density at radius 1 is 1.08 bits per heavy atom. The first-order chi connectivity index (χ1) is 11.8. The molecule has 0 saturated heterocycles. The second-order valence-corrected chi connectivity index (χ2v) is 6.69. The van der Waals surface area contributed by atoms with Crippen molar-refractivity contribution in [3.8, 4) is 0 Å². The summed E-state index contributed by atoms with van der Waals surface area (Å²) in [6.45, 7) is 2.95. The molecule has 144 valence electrons. The van der Waals surface area contributed by atoms with Gasteiger partial charge in [-0.3, -0.25) is 14.4 Å². The molecule has 6 N–H and O–H groups in total. The number of amides is 2. The average Bonchev–Trinajstić information content (AvgIpc) is 2.62. The van der Waals surface area contributed by atoms with Crippen molar-refractivity contribution < 1.29 is 24.6 Å². The zero-order chi connectivity index (χ0) is 19.0. The first-order valence-electron chi connectivity index (χ1n) is 9.01. The molecule has 8 heteroatoms. The van der Waals surface area contributed by atoms with Crippen LogP contribution in [-0.2, 0) is 14.4 Å². The van der Waals surface area contributed by atoms with Gasteiger partial charge in [-0.15, -0.1) is 0 Å². The maximum Gasteiger partial charge on any atom is 0.249 e. The van der Waals surface area contributed by atoms with Crippen molar-refractivity contribution in [3.63, 3.8) is 0 Å². The van der Waals surface area contributed by atoms with Gasteiger partial charge < -0.3 is 26.6 Å². The zero-order valence-electron chi connectivity index (χ0n) is 15.0. The van der Waals surface area contributed by atoms with Crippen LogP contribution in [0.4, 0.5) is 0 Å². The number of hydrogen-bond acceptors (Lipinski definition) is 6. The molecule has 1 fully saturated rings. The molecule has 0 aromatic carbocycles. The second-order valence-electron chi connectivity index (χ2n) is 6.69. The van der Waals surface area contributed by atoms with E-state index in [1.165, 1.54) is 6.92 Å². The monoisotopic (exact) mass is 357 g/mol. The molecular weight excluding hydrogens is 326 g/mol. The number of carbonyl (C=O) groups is 3. The first kappa shape index (κ1) is 21.5. The van der Waals surface area contributed by atoms with Gasteiger partial charge in [-0.05, 0) is 25.7 Å². The summed E-state index contributed by atoms with van der Waals surface area (Å²) in [5.74, 6) is -1.74. The van der Waals surface area contributed by atoms with Gasteiger partial charge in [-0.2, -0.15) is 0 Å². The van der Waals surface area contributed by atoms with Crippen molar-refractivity contribution in [2.24, 2.45) is 11.7 Å². The second kappa shape index (κ2) is 10.5. The highest BCUT2D eigenvalue weighted by Crippen LogP contribution is 2.26. The Balaban J connectivity index is 2.70. The lowest BCUT2D eigenvalue weighted by Crippen LogP contribution is -2.58. The Labute approximate surface area is 148 Å². The lowest BCUT2D eigenvalue weighted by Gasteiger charge is -2.28. The van der Waals surface area contributed by atoms with Crippen molar-refractivity contribution in [1.29, 1.82) is 0 Å². The van der Waals surface area contributed by atoms with Crippen LogP contribution in [0.3, 0.4) is 0 Å². The molecule has 8 nitrogen and oxygen atoms in total. The molecular formula is C17H31N3O5. The Kier molecular flexibility index (Phi) is 9.02. The Bertz CT molecular complexity index is 463. The molecule has 0 heterocycles. The fourth-order valence-corrected chi connectivity index (χ4v) is 3.09. The highest BCUT2D eigenvalue weighted by atomic mass is 16.3. The van der Waals surface area contributed by atoms with Gasteiger partial charge in [0.2, 0.25) is 11.8 Å². The van der Waals surface area contributed by atoms with Gasteiger partial charge in [-0.25, -0.2) is 0 Å². The number of carbonyl (C=O) groups excluding carboxylic acids is 3. The molecule has 2 amide bonds. The summed E-state index contributed by atoms with van der Waals surface area (Å²) in [6, 6.07) is -2.12. The minimum absolute atomic E-state index is 0.0659. The van der Waals surface area contributed by atoms with Gasteiger partial charge in [0.15, 0.2) is 5.78 Å². The van der Waals surface area contributed by atoms with E-state index in [-0.39, 0.29) is 24.7 Å². The number of aliphatic hydroxyl groups excluding tert-OH is 2. The highest BCUT2D eigenvalue weighted by Gasteiger charge is 2.33. The number of rotatable bonds is 9. The third-order valence-corrected chi connectivity index (χ3v) is 4.72. The average molecular weight is 357 g/mol. The van der Waals surface area contributed by atoms with E-state index >= 15 is 0 Å². The van der Waals surface area contributed by atoms with Crippen molar-refractivity contribution in [2.45, 2.75) is 76.7 Å². The molecule has 4 atom stereocenters. The lowest BCUT2D eigenvalue weighted by molar-refractivity contribution is -0.139. The topological polar surface area (TPSA) is 142 Å². The van der Waals surface area contributed by atoms with Crippen LogP contribution in [-0.4, -0.2) is 58.6 Å². The van der Waals surface area contributed by atoms with Gasteiger partial charge >= 0.3 is 0 Å². The first-order valence-corrected chi connectivity index (χ1v) is 9.01. The van der Waals surface area contributed by atoms with Crippen LogP contribution in [0.25, 0.3) is 0 Å². The highest BCUT2D eigenvalue weighted by molar-refractivity contribution is 5.93. The Morgan fingerprint density at radius 2 is 1.68 bits per heavy atom. The molecule has 1 aliphatic carbocycles. The number of nitrogens with one attached hydrogen (secondary N) is 2. The van der Waals surface area contributed by atoms with Gasteiger partial charge in [0.05, 0.1) is 12.1 Å². The molecule has 1 aliphatic rings. The van der Waals surface area contributed by atoms with Crippen LogP contribution in [0.1, 0.15) is 52.4 Å². The van der Waals surface area contributed by atoms with Gasteiger partial charge in [0.1, 0.15) is 12.1 Å². The van der Waals surface area contributed by atoms with Crippen molar-refractivity contribution >= 4 is 17.6 Å². The van der Waals surface area contributed by atoms with Crippen molar-refractivity contribution in [2.75, 3.05) is 6.54 Å². The van der Waals surface area contributed by atoms with Gasteiger partial charge in [0, 0.05) is 13.0 Å². The van der Waals surface area contributed by atoms with Crippen LogP contribution >= 0.6 is 0 Å². The number of hydrogen-bond donors (Lipinski definition) is 5. The van der Waals surface area contributed by atoms with E-state index in [9.17, 15) is 24.6 Å². The molecule has 0 bridgehead atoms. The third-order valence-electron chi connectivity index (χ3n) is 4.72.